The highest BCUT2D eigenvalue weighted by molar-refractivity contribution is 7.99. The van der Waals surface area contributed by atoms with E-state index in [1.165, 1.54) is 32.0 Å². The molecule has 1 heterocycles. The van der Waals surface area contributed by atoms with Gasteiger partial charge in [-0.3, -0.25) is 0 Å². The molecule has 102 valence electrons. The van der Waals surface area contributed by atoms with Gasteiger partial charge in [-0.15, -0.1) is 0 Å². The first-order chi connectivity index (χ1) is 9.76. The van der Waals surface area contributed by atoms with Crippen LogP contribution in [0.4, 0.5) is 0 Å². The van der Waals surface area contributed by atoms with E-state index >= 15 is 0 Å². The second-order valence-electron chi connectivity index (χ2n) is 4.95. The molecular weight excluding hydrogens is 264 g/mol. The van der Waals surface area contributed by atoms with Crippen molar-refractivity contribution in [2.75, 3.05) is 6.54 Å². The summed E-state index contributed by atoms with van der Waals surface area (Å²) in [6.07, 6.45) is 0.948. The smallest absolute Gasteiger partial charge is 0.0780 e. The topological polar surface area (TPSA) is 41.8 Å². The van der Waals surface area contributed by atoms with Crippen LogP contribution in [0, 0.1) is 6.92 Å². The minimum atomic E-state index is 0.704. The van der Waals surface area contributed by atoms with Gasteiger partial charge in [-0.25, -0.2) is 0 Å². The Morgan fingerprint density at radius 2 is 1.95 bits per heavy atom. The molecule has 2 aromatic carbocycles. The number of aromatic amines is 1. The maximum atomic E-state index is 5.62. The van der Waals surface area contributed by atoms with E-state index in [9.17, 15) is 0 Å². The van der Waals surface area contributed by atoms with Gasteiger partial charge in [-0.2, -0.15) is 0 Å². The highest BCUT2D eigenvalue weighted by atomic mass is 32.2. The zero-order valence-corrected chi connectivity index (χ0v) is 12.3. The van der Waals surface area contributed by atoms with Crippen molar-refractivity contribution in [3.63, 3.8) is 0 Å². The number of hydrogen-bond acceptors (Lipinski definition) is 2. The number of aryl methyl sites for hydroxylation is 1. The maximum absolute atomic E-state index is 5.62. The Morgan fingerprint density at radius 3 is 2.70 bits per heavy atom. The first-order valence-corrected chi connectivity index (χ1v) is 7.63. The lowest BCUT2D eigenvalue weighted by Gasteiger charge is -2.06. The van der Waals surface area contributed by atoms with E-state index in [4.69, 9.17) is 5.73 Å². The van der Waals surface area contributed by atoms with Gasteiger partial charge in [-0.05, 0) is 55.3 Å². The minimum absolute atomic E-state index is 0.704. The molecule has 0 unspecified atom stereocenters. The average molecular weight is 282 g/mol. The van der Waals surface area contributed by atoms with Crippen LogP contribution in [-0.2, 0) is 6.42 Å². The van der Waals surface area contributed by atoms with Crippen LogP contribution in [0.5, 0.6) is 0 Å². The average Bonchev–Trinajstić information content (AvgIpc) is 2.84. The van der Waals surface area contributed by atoms with Gasteiger partial charge in [0.2, 0.25) is 0 Å². The van der Waals surface area contributed by atoms with Crippen molar-refractivity contribution in [1.29, 1.82) is 0 Å². The van der Waals surface area contributed by atoms with Crippen LogP contribution >= 0.6 is 11.8 Å². The van der Waals surface area contributed by atoms with E-state index in [1.54, 1.807) is 11.8 Å². The van der Waals surface area contributed by atoms with Crippen LogP contribution in [0.15, 0.2) is 58.5 Å². The summed E-state index contributed by atoms with van der Waals surface area (Å²) in [5, 5.41) is 2.43. The second-order valence-corrected chi connectivity index (χ2v) is 6.07. The maximum Gasteiger partial charge on any atom is 0.0780 e. The van der Waals surface area contributed by atoms with Gasteiger partial charge in [-0.1, -0.05) is 36.0 Å². The van der Waals surface area contributed by atoms with Crippen LogP contribution in [0.2, 0.25) is 0 Å². The summed E-state index contributed by atoms with van der Waals surface area (Å²) in [6.45, 7) is 2.86. The lowest BCUT2D eigenvalue weighted by Crippen LogP contribution is -2.03. The molecule has 0 saturated carbocycles. The highest BCUT2D eigenvalue weighted by Gasteiger charge is 2.04. The molecule has 0 radical (unpaired) electrons. The normalized spacial score (nSPS) is 11.1. The summed E-state index contributed by atoms with van der Waals surface area (Å²) in [6, 6.07) is 17.2. The molecule has 0 saturated heterocycles. The molecule has 3 aromatic rings. The first-order valence-electron chi connectivity index (χ1n) is 6.81. The predicted octanol–water partition coefficient (Wildman–Crippen LogP) is 4.13. The third-order valence-electron chi connectivity index (χ3n) is 3.46. The van der Waals surface area contributed by atoms with Crippen LogP contribution in [0.3, 0.4) is 0 Å². The zero-order valence-electron chi connectivity index (χ0n) is 11.5. The Morgan fingerprint density at radius 1 is 1.10 bits per heavy atom. The molecule has 0 bridgehead atoms. The summed E-state index contributed by atoms with van der Waals surface area (Å²) in [4.78, 5) is 4.71. The summed E-state index contributed by atoms with van der Waals surface area (Å²) < 4.78 is 0. The fourth-order valence-electron chi connectivity index (χ4n) is 2.40. The molecule has 0 atom stereocenters. The lowest BCUT2D eigenvalue weighted by molar-refractivity contribution is 0.954. The van der Waals surface area contributed by atoms with Crippen LogP contribution in [-0.4, -0.2) is 11.5 Å². The van der Waals surface area contributed by atoms with Crippen molar-refractivity contribution in [3.8, 4) is 0 Å². The van der Waals surface area contributed by atoms with Crippen LogP contribution in [0.25, 0.3) is 10.9 Å². The minimum Gasteiger partial charge on any atom is -0.349 e. The molecule has 3 heteroatoms. The number of hydrogen-bond donors (Lipinski definition) is 2. The van der Waals surface area contributed by atoms with Gasteiger partial charge >= 0.3 is 0 Å². The number of aromatic nitrogens is 1. The predicted molar refractivity (Wildman–Crippen MR) is 86.4 cm³/mol. The molecule has 3 rings (SSSR count). The van der Waals surface area contributed by atoms with Crippen LogP contribution in [0.1, 0.15) is 11.1 Å². The number of H-pyrrole nitrogens is 1. The number of benzene rings is 2. The molecule has 0 spiro atoms. The van der Waals surface area contributed by atoms with Crippen molar-refractivity contribution in [1.82, 2.24) is 4.98 Å². The second kappa shape index (κ2) is 5.73. The SMILES string of the molecule is Cc1cc(Sc2cc3ccccc3[nH]2)ccc1CCN. The van der Waals surface area contributed by atoms with E-state index in [0.717, 1.165) is 6.42 Å². The van der Waals surface area contributed by atoms with Crippen molar-refractivity contribution < 1.29 is 0 Å². The quantitative estimate of drug-likeness (QED) is 0.755. The van der Waals surface area contributed by atoms with Gasteiger partial charge in [0.05, 0.1) is 5.03 Å². The van der Waals surface area contributed by atoms with Crippen molar-refractivity contribution in [2.24, 2.45) is 5.73 Å². The highest BCUT2D eigenvalue weighted by Crippen LogP contribution is 2.30. The number of para-hydroxylation sites is 1. The van der Waals surface area contributed by atoms with E-state index in [2.05, 4.69) is 60.4 Å². The zero-order chi connectivity index (χ0) is 13.9. The Kier molecular flexibility index (Phi) is 3.81. The standard InChI is InChI=1S/C17H18N2S/c1-12-10-15(7-6-13(12)8-9-18)20-17-11-14-4-2-3-5-16(14)19-17/h2-7,10-11,19H,8-9,18H2,1H3. The van der Waals surface area contributed by atoms with E-state index in [-0.39, 0.29) is 0 Å². The van der Waals surface area contributed by atoms with E-state index in [0.29, 0.717) is 6.54 Å². The third kappa shape index (κ3) is 2.74. The fourth-order valence-corrected chi connectivity index (χ4v) is 3.37. The summed E-state index contributed by atoms with van der Waals surface area (Å²) >= 11 is 1.77. The molecule has 0 amide bonds. The van der Waals surface area contributed by atoms with E-state index in [1.807, 2.05) is 0 Å². The number of fused-ring (bicyclic) bond motifs is 1. The largest absolute Gasteiger partial charge is 0.349 e. The lowest BCUT2D eigenvalue weighted by atomic mass is 10.1. The van der Waals surface area contributed by atoms with Crippen molar-refractivity contribution in [2.45, 2.75) is 23.3 Å². The summed E-state index contributed by atoms with van der Waals surface area (Å²) in [7, 11) is 0. The molecule has 20 heavy (non-hydrogen) atoms. The van der Waals surface area contributed by atoms with Gasteiger partial charge in [0.1, 0.15) is 0 Å². The van der Waals surface area contributed by atoms with Crippen molar-refractivity contribution in [3.05, 3.63) is 59.7 Å². The Bertz CT molecular complexity index is 698. The molecule has 3 N–H and O–H groups in total. The third-order valence-corrected chi connectivity index (χ3v) is 4.39. The van der Waals surface area contributed by atoms with Gasteiger partial charge in [0.15, 0.2) is 0 Å². The summed E-state index contributed by atoms with van der Waals surface area (Å²) in [5.41, 5.74) is 9.47. The van der Waals surface area contributed by atoms with E-state index < -0.39 is 0 Å². The monoisotopic (exact) mass is 282 g/mol. The number of nitrogens with two attached hydrogens (primary N) is 1. The van der Waals surface area contributed by atoms with Crippen molar-refractivity contribution >= 4 is 22.7 Å². The molecule has 1 aromatic heterocycles. The van der Waals surface area contributed by atoms with Gasteiger partial charge < -0.3 is 10.7 Å². The molecule has 0 fully saturated rings. The van der Waals surface area contributed by atoms with Gasteiger partial charge in [0, 0.05) is 15.8 Å². The molecule has 0 aliphatic rings. The molecular formula is C17H18N2S. The summed E-state index contributed by atoms with van der Waals surface area (Å²) in [5.74, 6) is 0. The number of nitrogens with one attached hydrogen (secondary N) is 1. The molecule has 0 aliphatic carbocycles. The Hall–Kier alpha value is -1.71. The van der Waals surface area contributed by atoms with Crippen LogP contribution < -0.4 is 5.73 Å². The fraction of sp³-hybridized carbons (Fsp3) is 0.176. The number of rotatable bonds is 4. The Balaban J connectivity index is 1.85. The molecule has 2 nitrogen and oxygen atoms in total. The van der Waals surface area contributed by atoms with Gasteiger partial charge in [0.25, 0.3) is 0 Å². The molecule has 0 aliphatic heterocycles. The first kappa shape index (κ1) is 13.3. The Labute approximate surface area is 123 Å².